The molecule has 0 saturated heterocycles. The Labute approximate surface area is 254 Å². The third-order valence-corrected chi connectivity index (χ3v) is 7.27. The Morgan fingerprint density at radius 2 is 1.31 bits per heavy atom. The van der Waals surface area contributed by atoms with Crippen LogP contribution >= 0.6 is 7.82 Å². The molecule has 10 heteroatoms. The van der Waals surface area contributed by atoms with Crippen molar-refractivity contribution in [3.8, 4) is 0 Å². The van der Waals surface area contributed by atoms with Gasteiger partial charge in [0.2, 0.25) is 0 Å². The van der Waals surface area contributed by atoms with Crippen LogP contribution in [0.3, 0.4) is 0 Å². The van der Waals surface area contributed by atoms with Crippen molar-refractivity contribution in [2.24, 2.45) is 5.73 Å². The standard InChI is InChI=1S/C32H58NO8P/c1-3-5-7-9-10-11-12-13-14-15-16-17-18-19-20-21-23-25-32(35)41-30(29-40-42(36,37)39-27-26-33)28-38-31(34)24-22-8-6-4-2/h5,7,10-11,13-14,30H,3-4,6,8-9,12,15-29,33H2,1-2H3,(H,36,37)/b7-5-,11-10-,14-13-. The van der Waals surface area contributed by atoms with E-state index < -0.39 is 32.5 Å². The van der Waals surface area contributed by atoms with E-state index in [1.165, 1.54) is 19.3 Å². The Balaban J connectivity index is 4.17. The summed E-state index contributed by atoms with van der Waals surface area (Å²) in [4.78, 5) is 34.2. The average molecular weight is 616 g/mol. The van der Waals surface area contributed by atoms with Gasteiger partial charge >= 0.3 is 19.8 Å². The lowest BCUT2D eigenvalue weighted by Crippen LogP contribution is -2.29. The highest BCUT2D eigenvalue weighted by molar-refractivity contribution is 7.47. The first-order valence-corrected chi connectivity index (χ1v) is 17.5. The van der Waals surface area contributed by atoms with Crippen LogP contribution in [0.15, 0.2) is 36.5 Å². The van der Waals surface area contributed by atoms with Crippen LogP contribution in [0.5, 0.6) is 0 Å². The second-order valence-corrected chi connectivity index (χ2v) is 11.8. The minimum absolute atomic E-state index is 0.0507. The molecule has 0 aliphatic heterocycles. The van der Waals surface area contributed by atoms with Crippen LogP contribution in [0.2, 0.25) is 0 Å². The van der Waals surface area contributed by atoms with E-state index in [2.05, 4.69) is 50.3 Å². The number of unbranched alkanes of at least 4 members (excludes halogenated alkanes) is 10. The van der Waals surface area contributed by atoms with Gasteiger partial charge in [-0.25, -0.2) is 4.57 Å². The number of carbonyl (C=O) groups is 2. The van der Waals surface area contributed by atoms with Crippen molar-refractivity contribution in [2.45, 2.75) is 129 Å². The summed E-state index contributed by atoms with van der Waals surface area (Å²) in [6.45, 7) is 3.44. The molecule has 0 bridgehead atoms. The Morgan fingerprint density at radius 1 is 0.738 bits per heavy atom. The number of hydrogen-bond donors (Lipinski definition) is 2. The third-order valence-electron chi connectivity index (χ3n) is 6.29. The minimum atomic E-state index is -4.35. The highest BCUT2D eigenvalue weighted by atomic mass is 31.2. The molecule has 0 aliphatic rings. The molecule has 3 N–H and O–H groups in total. The molecule has 42 heavy (non-hydrogen) atoms. The lowest BCUT2D eigenvalue weighted by molar-refractivity contribution is -0.161. The van der Waals surface area contributed by atoms with Gasteiger partial charge in [0, 0.05) is 19.4 Å². The predicted octanol–water partition coefficient (Wildman–Crippen LogP) is 7.87. The predicted molar refractivity (Wildman–Crippen MR) is 169 cm³/mol. The SMILES string of the molecule is CC/C=C\C/C=C\C/C=C\CCCCCCCCCC(=O)OC(COC(=O)CCCCCC)COP(=O)(O)OCCN. The van der Waals surface area contributed by atoms with Crippen molar-refractivity contribution < 1.29 is 37.6 Å². The zero-order valence-electron chi connectivity index (χ0n) is 26.2. The quantitative estimate of drug-likeness (QED) is 0.0373. The van der Waals surface area contributed by atoms with Crippen LogP contribution < -0.4 is 5.73 Å². The fourth-order valence-electron chi connectivity index (χ4n) is 3.94. The van der Waals surface area contributed by atoms with Gasteiger partial charge in [-0.1, -0.05) is 102 Å². The maximum atomic E-state index is 12.4. The molecule has 0 amide bonds. The Hall–Kier alpha value is -1.77. The number of carbonyl (C=O) groups excluding carboxylic acids is 2. The Kier molecular flexibility index (Phi) is 28.1. The van der Waals surface area contributed by atoms with Gasteiger partial charge in [-0.05, 0) is 44.9 Å². The zero-order valence-corrected chi connectivity index (χ0v) is 27.1. The average Bonchev–Trinajstić information content (AvgIpc) is 2.97. The lowest BCUT2D eigenvalue weighted by atomic mass is 10.1. The van der Waals surface area contributed by atoms with Crippen LogP contribution in [0, 0.1) is 0 Å². The van der Waals surface area contributed by atoms with E-state index in [-0.39, 0.29) is 32.6 Å². The first-order valence-electron chi connectivity index (χ1n) is 16.0. The van der Waals surface area contributed by atoms with Crippen molar-refractivity contribution in [1.29, 1.82) is 0 Å². The van der Waals surface area contributed by atoms with E-state index in [1.807, 2.05) is 0 Å². The number of phosphoric acid groups is 1. The van der Waals surface area contributed by atoms with Crippen molar-refractivity contribution >= 4 is 19.8 Å². The topological polar surface area (TPSA) is 134 Å². The highest BCUT2D eigenvalue weighted by Gasteiger charge is 2.25. The Bertz CT molecular complexity index is 799. The van der Waals surface area contributed by atoms with Gasteiger partial charge in [-0.3, -0.25) is 18.6 Å². The second kappa shape index (κ2) is 29.3. The number of hydrogen-bond acceptors (Lipinski definition) is 8. The van der Waals surface area contributed by atoms with Crippen LogP contribution in [-0.2, 0) is 32.7 Å². The Morgan fingerprint density at radius 3 is 1.95 bits per heavy atom. The molecule has 0 aromatic heterocycles. The van der Waals surface area contributed by atoms with Gasteiger partial charge in [0.15, 0.2) is 6.10 Å². The van der Waals surface area contributed by atoms with Gasteiger partial charge in [0.05, 0.1) is 13.2 Å². The van der Waals surface area contributed by atoms with E-state index in [0.717, 1.165) is 70.6 Å². The van der Waals surface area contributed by atoms with E-state index in [0.29, 0.717) is 6.42 Å². The summed E-state index contributed by atoms with van der Waals surface area (Å²) in [6, 6.07) is 0. The molecule has 0 rings (SSSR count). The summed E-state index contributed by atoms with van der Waals surface area (Å²) in [5, 5.41) is 0. The van der Waals surface area contributed by atoms with Gasteiger partial charge < -0.3 is 20.1 Å². The van der Waals surface area contributed by atoms with Crippen molar-refractivity contribution in [1.82, 2.24) is 0 Å². The summed E-state index contributed by atoms with van der Waals surface area (Å²) >= 11 is 0. The molecule has 0 aromatic carbocycles. The number of phosphoric ester groups is 1. The first-order chi connectivity index (χ1) is 20.3. The molecule has 2 unspecified atom stereocenters. The number of ether oxygens (including phenoxy) is 2. The maximum absolute atomic E-state index is 12.4. The maximum Gasteiger partial charge on any atom is 0.472 e. The summed E-state index contributed by atoms with van der Waals surface area (Å²) < 4.78 is 32.2. The molecule has 2 atom stereocenters. The number of allylic oxidation sites excluding steroid dienone is 6. The largest absolute Gasteiger partial charge is 0.472 e. The van der Waals surface area contributed by atoms with Crippen LogP contribution in [0.1, 0.15) is 123 Å². The van der Waals surface area contributed by atoms with Crippen molar-refractivity contribution in [3.05, 3.63) is 36.5 Å². The van der Waals surface area contributed by atoms with E-state index in [4.69, 9.17) is 24.3 Å². The number of rotatable bonds is 29. The molecular weight excluding hydrogens is 557 g/mol. The van der Waals surface area contributed by atoms with Gasteiger partial charge in [0.1, 0.15) is 6.61 Å². The fraction of sp³-hybridized carbons (Fsp3) is 0.750. The molecule has 9 nitrogen and oxygen atoms in total. The van der Waals surface area contributed by atoms with Gasteiger partial charge in [0.25, 0.3) is 0 Å². The first kappa shape index (κ1) is 40.2. The highest BCUT2D eigenvalue weighted by Crippen LogP contribution is 2.43. The summed E-state index contributed by atoms with van der Waals surface area (Å²) in [5.41, 5.74) is 5.29. The third kappa shape index (κ3) is 28.4. The molecular formula is C32H58NO8P. The van der Waals surface area contributed by atoms with Crippen LogP contribution in [0.4, 0.5) is 0 Å². The van der Waals surface area contributed by atoms with Crippen LogP contribution in [0.25, 0.3) is 0 Å². The summed E-state index contributed by atoms with van der Waals surface area (Å²) in [5.74, 6) is -0.866. The lowest BCUT2D eigenvalue weighted by Gasteiger charge is -2.19. The molecule has 0 aliphatic carbocycles. The molecule has 0 heterocycles. The fourth-order valence-corrected chi connectivity index (χ4v) is 4.71. The smallest absolute Gasteiger partial charge is 0.462 e. The number of nitrogens with two attached hydrogens (primary N) is 1. The number of esters is 2. The van der Waals surface area contributed by atoms with Crippen molar-refractivity contribution in [3.63, 3.8) is 0 Å². The van der Waals surface area contributed by atoms with Gasteiger partial charge in [-0.15, -0.1) is 0 Å². The van der Waals surface area contributed by atoms with E-state index in [1.54, 1.807) is 0 Å². The minimum Gasteiger partial charge on any atom is -0.462 e. The second-order valence-electron chi connectivity index (χ2n) is 10.3. The molecule has 244 valence electrons. The molecule has 0 aromatic rings. The van der Waals surface area contributed by atoms with Gasteiger partial charge in [-0.2, -0.15) is 0 Å². The summed E-state index contributed by atoms with van der Waals surface area (Å²) in [7, 11) is -4.35. The monoisotopic (exact) mass is 615 g/mol. The molecule has 0 saturated carbocycles. The van der Waals surface area contributed by atoms with Crippen LogP contribution in [-0.4, -0.2) is 49.3 Å². The normalized spacial score (nSPS) is 14.1. The zero-order chi connectivity index (χ0) is 31.2. The van der Waals surface area contributed by atoms with Crippen molar-refractivity contribution in [2.75, 3.05) is 26.4 Å². The molecule has 0 spiro atoms. The van der Waals surface area contributed by atoms with E-state index in [9.17, 15) is 19.0 Å². The van der Waals surface area contributed by atoms with E-state index >= 15 is 0 Å². The summed E-state index contributed by atoms with van der Waals surface area (Å²) in [6.07, 6.45) is 28.1. The molecule has 0 radical (unpaired) electrons. The molecule has 0 fully saturated rings.